The molecule has 4 nitrogen and oxygen atoms in total. The molecule has 2 atom stereocenters. The number of benzene rings is 1. The fourth-order valence-electron chi connectivity index (χ4n) is 1.51. The van der Waals surface area contributed by atoms with E-state index in [-0.39, 0.29) is 23.4 Å². The minimum absolute atomic E-state index is 0.0235. The second-order valence-electron chi connectivity index (χ2n) is 3.75. The zero-order valence-corrected chi connectivity index (χ0v) is 10.5. The summed E-state index contributed by atoms with van der Waals surface area (Å²) in [6, 6.07) is 3.32. The van der Waals surface area contributed by atoms with Gasteiger partial charge < -0.3 is 14.9 Å². The van der Waals surface area contributed by atoms with E-state index in [1.807, 2.05) is 0 Å². The van der Waals surface area contributed by atoms with Crippen LogP contribution in [0.1, 0.15) is 28.4 Å². The number of rotatable bonds is 5. The molecule has 0 radical (unpaired) electrons. The number of aliphatic hydroxyl groups excluding tert-OH is 2. The van der Waals surface area contributed by atoms with Gasteiger partial charge >= 0.3 is 5.97 Å². The number of alkyl halides is 1. The molecular formula is C12H14ClFO4. The van der Waals surface area contributed by atoms with E-state index in [9.17, 15) is 19.4 Å². The fraction of sp³-hybridized carbons (Fsp3) is 0.417. The van der Waals surface area contributed by atoms with Gasteiger partial charge in [0.05, 0.1) is 18.8 Å². The Kier molecular flexibility index (Phi) is 5.53. The van der Waals surface area contributed by atoms with Crippen LogP contribution in [0.15, 0.2) is 18.2 Å². The van der Waals surface area contributed by atoms with Crippen molar-refractivity contribution in [2.75, 3.05) is 13.0 Å². The van der Waals surface area contributed by atoms with Crippen LogP contribution >= 0.6 is 11.6 Å². The molecule has 1 aromatic carbocycles. The summed E-state index contributed by atoms with van der Waals surface area (Å²) in [5, 5.41) is 19.4. The number of carbonyl (C=O) groups excluding carboxylic acids is 1. The molecule has 100 valence electrons. The summed E-state index contributed by atoms with van der Waals surface area (Å²) in [5.41, 5.74) is 0.0811. The first kappa shape index (κ1) is 14.9. The van der Waals surface area contributed by atoms with Gasteiger partial charge in [-0.1, -0.05) is 0 Å². The Morgan fingerprint density at radius 3 is 2.67 bits per heavy atom. The lowest BCUT2D eigenvalue weighted by atomic mass is 10.0. The molecule has 0 fully saturated rings. The molecule has 0 bridgehead atoms. The molecule has 2 N–H and O–H groups in total. The smallest absolute Gasteiger partial charge is 0.337 e. The highest BCUT2D eigenvalue weighted by Gasteiger charge is 2.20. The standard InChI is InChI=1S/C12H14ClFO4/c1-18-12(17)8-4-7(5-9(14)6-8)11(16)10(15)2-3-13/h4-6,10-11,15-16H,2-3H2,1H3. The van der Waals surface area contributed by atoms with E-state index in [0.717, 1.165) is 12.1 Å². The third-order valence-electron chi connectivity index (χ3n) is 2.45. The van der Waals surface area contributed by atoms with Crippen molar-refractivity contribution in [1.82, 2.24) is 0 Å². The number of halogens is 2. The van der Waals surface area contributed by atoms with Gasteiger partial charge in [-0.15, -0.1) is 11.6 Å². The average molecular weight is 277 g/mol. The Labute approximate surface area is 109 Å². The Morgan fingerprint density at radius 1 is 1.44 bits per heavy atom. The summed E-state index contributed by atoms with van der Waals surface area (Å²) < 4.78 is 17.8. The van der Waals surface area contributed by atoms with E-state index in [4.69, 9.17) is 11.6 Å². The monoisotopic (exact) mass is 276 g/mol. The van der Waals surface area contributed by atoms with Gasteiger partial charge in [-0.25, -0.2) is 9.18 Å². The number of hydrogen-bond donors (Lipinski definition) is 2. The highest BCUT2D eigenvalue weighted by molar-refractivity contribution is 6.17. The van der Waals surface area contributed by atoms with E-state index >= 15 is 0 Å². The van der Waals surface area contributed by atoms with E-state index < -0.39 is 24.0 Å². The predicted molar refractivity (Wildman–Crippen MR) is 64.0 cm³/mol. The van der Waals surface area contributed by atoms with Crippen molar-refractivity contribution >= 4 is 17.6 Å². The van der Waals surface area contributed by atoms with Gasteiger partial charge in [0.25, 0.3) is 0 Å². The molecule has 0 aromatic heterocycles. The number of aliphatic hydroxyl groups is 2. The summed E-state index contributed by atoms with van der Waals surface area (Å²) in [6.45, 7) is 0. The van der Waals surface area contributed by atoms with Crippen molar-refractivity contribution in [2.24, 2.45) is 0 Å². The van der Waals surface area contributed by atoms with Crippen LogP contribution in [0, 0.1) is 5.82 Å². The van der Waals surface area contributed by atoms with Gasteiger partial charge in [-0.2, -0.15) is 0 Å². The molecule has 0 saturated carbocycles. The molecule has 0 aliphatic heterocycles. The van der Waals surface area contributed by atoms with E-state index in [1.165, 1.54) is 13.2 Å². The molecule has 0 aliphatic carbocycles. The SMILES string of the molecule is COC(=O)c1cc(F)cc(C(O)C(O)CCCl)c1. The number of carbonyl (C=O) groups is 1. The molecule has 0 saturated heterocycles. The van der Waals surface area contributed by atoms with Crippen molar-refractivity contribution in [1.29, 1.82) is 0 Å². The lowest BCUT2D eigenvalue weighted by molar-refractivity contribution is 0.0167. The number of hydrogen-bond acceptors (Lipinski definition) is 4. The second kappa shape index (κ2) is 6.68. The molecule has 0 aliphatic rings. The van der Waals surface area contributed by atoms with Crippen LogP contribution in [0.25, 0.3) is 0 Å². The van der Waals surface area contributed by atoms with Crippen molar-refractivity contribution in [2.45, 2.75) is 18.6 Å². The quantitative estimate of drug-likeness (QED) is 0.634. The maximum Gasteiger partial charge on any atom is 0.337 e. The number of methoxy groups -OCH3 is 1. The third-order valence-corrected chi connectivity index (χ3v) is 2.67. The zero-order valence-electron chi connectivity index (χ0n) is 9.77. The van der Waals surface area contributed by atoms with E-state index in [2.05, 4.69) is 4.74 Å². The van der Waals surface area contributed by atoms with Crippen molar-refractivity contribution in [3.8, 4) is 0 Å². The summed E-state index contributed by atoms with van der Waals surface area (Å²) in [4.78, 5) is 11.3. The Balaban J connectivity index is 3.02. The number of esters is 1. The first-order valence-electron chi connectivity index (χ1n) is 5.30. The van der Waals surface area contributed by atoms with Gasteiger partial charge in [-0.3, -0.25) is 0 Å². The van der Waals surface area contributed by atoms with Crippen LogP contribution in [-0.4, -0.2) is 35.3 Å². The zero-order chi connectivity index (χ0) is 13.7. The molecular weight excluding hydrogens is 263 g/mol. The molecule has 1 rings (SSSR count). The van der Waals surface area contributed by atoms with Gasteiger partial charge in [-0.05, 0) is 30.2 Å². The van der Waals surface area contributed by atoms with E-state index in [1.54, 1.807) is 0 Å². The highest BCUT2D eigenvalue weighted by Crippen LogP contribution is 2.22. The molecule has 0 heterocycles. The Morgan fingerprint density at radius 2 is 2.11 bits per heavy atom. The first-order chi connectivity index (χ1) is 8.49. The summed E-state index contributed by atoms with van der Waals surface area (Å²) in [6.07, 6.45) is -2.26. The Bertz CT molecular complexity index is 425. The largest absolute Gasteiger partial charge is 0.465 e. The maximum absolute atomic E-state index is 13.3. The molecule has 0 spiro atoms. The van der Waals surface area contributed by atoms with Gasteiger partial charge in [0, 0.05) is 5.88 Å². The molecule has 1 aromatic rings. The van der Waals surface area contributed by atoms with E-state index in [0.29, 0.717) is 0 Å². The predicted octanol–water partition coefficient (Wildman–Crippen LogP) is 1.64. The Hall–Kier alpha value is -1.17. The summed E-state index contributed by atoms with van der Waals surface area (Å²) in [5.74, 6) is -1.24. The fourth-order valence-corrected chi connectivity index (χ4v) is 1.73. The minimum Gasteiger partial charge on any atom is -0.465 e. The van der Waals surface area contributed by atoms with Crippen LogP contribution in [0.5, 0.6) is 0 Å². The van der Waals surface area contributed by atoms with Gasteiger partial charge in [0.2, 0.25) is 0 Å². The number of ether oxygens (including phenoxy) is 1. The highest BCUT2D eigenvalue weighted by atomic mass is 35.5. The first-order valence-corrected chi connectivity index (χ1v) is 5.84. The molecule has 6 heteroatoms. The maximum atomic E-state index is 13.3. The van der Waals surface area contributed by atoms with Crippen molar-refractivity contribution in [3.05, 3.63) is 35.1 Å². The average Bonchev–Trinajstić information content (AvgIpc) is 2.36. The van der Waals surface area contributed by atoms with Crippen LogP contribution in [0.2, 0.25) is 0 Å². The van der Waals surface area contributed by atoms with Crippen LogP contribution in [0.4, 0.5) is 4.39 Å². The summed E-state index contributed by atoms with van der Waals surface area (Å²) in [7, 11) is 1.17. The lowest BCUT2D eigenvalue weighted by Gasteiger charge is -2.17. The summed E-state index contributed by atoms with van der Waals surface area (Å²) >= 11 is 5.44. The minimum atomic E-state index is -1.30. The lowest BCUT2D eigenvalue weighted by Crippen LogP contribution is -2.19. The second-order valence-corrected chi connectivity index (χ2v) is 4.13. The molecule has 2 unspecified atom stereocenters. The third kappa shape index (κ3) is 3.66. The van der Waals surface area contributed by atoms with Crippen LogP contribution < -0.4 is 0 Å². The van der Waals surface area contributed by atoms with Crippen LogP contribution in [0.3, 0.4) is 0 Å². The molecule has 0 amide bonds. The van der Waals surface area contributed by atoms with Crippen molar-refractivity contribution in [3.63, 3.8) is 0 Å². The van der Waals surface area contributed by atoms with Gasteiger partial charge in [0.1, 0.15) is 11.9 Å². The van der Waals surface area contributed by atoms with Gasteiger partial charge in [0.15, 0.2) is 0 Å². The normalized spacial score (nSPS) is 14.1. The van der Waals surface area contributed by atoms with Crippen LogP contribution in [-0.2, 0) is 4.74 Å². The molecule has 18 heavy (non-hydrogen) atoms. The topological polar surface area (TPSA) is 66.8 Å². The van der Waals surface area contributed by atoms with Crippen molar-refractivity contribution < 1.29 is 24.1 Å².